The van der Waals surface area contributed by atoms with Crippen LogP contribution in [0.2, 0.25) is 0 Å². The maximum absolute atomic E-state index is 13.4. The normalized spacial score (nSPS) is 14.2. The Bertz CT molecular complexity index is 293. The van der Waals surface area contributed by atoms with Crippen LogP contribution in [0.1, 0.15) is 25.5 Å². The molecule has 2 nitrogen and oxygen atoms in total. The fraction of sp³-hybridized carbons (Fsp3) is 0.400. The van der Waals surface area contributed by atoms with Crippen molar-refractivity contribution in [2.45, 2.75) is 25.6 Å². The van der Waals surface area contributed by atoms with Gasteiger partial charge in [-0.2, -0.15) is 0 Å². The highest BCUT2D eigenvalue weighted by molar-refractivity contribution is 5.35. The number of hydrogen-bond acceptors (Lipinski definition) is 2. The van der Waals surface area contributed by atoms with Crippen LogP contribution in [-0.4, -0.2) is 10.8 Å². The van der Waals surface area contributed by atoms with Gasteiger partial charge in [0.25, 0.3) is 0 Å². The van der Waals surface area contributed by atoms with Crippen LogP contribution in [0.5, 0.6) is 5.75 Å². The molecule has 1 rings (SSSR count). The third-order valence-corrected chi connectivity index (χ3v) is 2.01. The Balaban J connectivity index is 3.02. The molecule has 0 fully saturated rings. The Morgan fingerprint density at radius 1 is 1.38 bits per heavy atom. The second-order valence-corrected chi connectivity index (χ2v) is 3.60. The molecule has 0 radical (unpaired) electrons. The molecule has 0 amide bonds. The van der Waals surface area contributed by atoms with Crippen LogP contribution in [0, 0.1) is 0 Å². The summed E-state index contributed by atoms with van der Waals surface area (Å²) in [5.74, 6) is 0.0423. The van der Waals surface area contributed by atoms with Crippen molar-refractivity contribution in [2.75, 3.05) is 0 Å². The van der Waals surface area contributed by atoms with Gasteiger partial charge >= 0.3 is 0 Å². The first kappa shape index (κ1) is 9.99. The molecule has 13 heavy (non-hydrogen) atoms. The van der Waals surface area contributed by atoms with Crippen LogP contribution in [-0.2, 0) is 0 Å². The zero-order valence-corrected chi connectivity index (χ0v) is 7.79. The van der Waals surface area contributed by atoms with E-state index in [0.717, 1.165) is 0 Å². The number of alkyl halides is 1. The topological polar surface area (TPSA) is 46.2 Å². The molecule has 1 atom stereocenters. The second-order valence-electron chi connectivity index (χ2n) is 3.60. The number of phenols is 1. The van der Waals surface area contributed by atoms with E-state index in [4.69, 9.17) is 5.73 Å². The van der Waals surface area contributed by atoms with E-state index in [1.165, 1.54) is 19.9 Å². The fourth-order valence-corrected chi connectivity index (χ4v) is 1.12. The van der Waals surface area contributed by atoms with E-state index >= 15 is 0 Å². The number of hydrogen-bond donors (Lipinski definition) is 2. The lowest BCUT2D eigenvalue weighted by atomic mass is 9.94. The Hall–Kier alpha value is -1.09. The largest absolute Gasteiger partial charge is 0.508 e. The molecule has 0 aliphatic carbocycles. The van der Waals surface area contributed by atoms with E-state index in [2.05, 4.69) is 0 Å². The van der Waals surface area contributed by atoms with Crippen molar-refractivity contribution < 1.29 is 9.50 Å². The van der Waals surface area contributed by atoms with Crippen molar-refractivity contribution in [3.63, 3.8) is 0 Å². The molecule has 0 aromatic heterocycles. The molecule has 3 heteroatoms. The van der Waals surface area contributed by atoms with Crippen molar-refractivity contribution in [1.82, 2.24) is 0 Å². The summed E-state index contributed by atoms with van der Waals surface area (Å²) in [5.41, 5.74) is 4.55. The van der Waals surface area contributed by atoms with Crippen molar-refractivity contribution in [2.24, 2.45) is 5.73 Å². The molecule has 0 spiro atoms. The van der Waals surface area contributed by atoms with Gasteiger partial charge in [-0.3, -0.25) is 0 Å². The fourth-order valence-electron chi connectivity index (χ4n) is 1.12. The minimum Gasteiger partial charge on any atom is -0.508 e. The van der Waals surface area contributed by atoms with Gasteiger partial charge in [0.05, 0.1) is 6.04 Å². The number of halogens is 1. The van der Waals surface area contributed by atoms with Crippen LogP contribution in [0.25, 0.3) is 0 Å². The maximum Gasteiger partial charge on any atom is 0.124 e. The quantitative estimate of drug-likeness (QED) is 0.737. The Kier molecular flexibility index (Phi) is 2.57. The molecule has 1 aromatic carbocycles. The molecule has 1 aromatic rings. The average Bonchev–Trinajstić information content (AvgIpc) is 2.02. The highest BCUT2D eigenvalue weighted by atomic mass is 19.1. The van der Waals surface area contributed by atoms with Crippen LogP contribution < -0.4 is 5.73 Å². The SMILES string of the molecule is CC(C)(F)C(N)c1ccccc1O. The van der Waals surface area contributed by atoms with Crippen LogP contribution in [0.15, 0.2) is 24.3 Å². The summed E-state index contributed by atoms with van der Waals surface area (Å²) in [7, 11) is 0. The summed E-state index contributed by atoms with van der Waals surface area (Å²) < 4.78 is 13.4. The van der Waals surface area contributed by atoms with Crippen molar-refractivity contribution in [1.29, 1.82) is 0 Å². The minimum absolute atomic E-state index is 0.0423. The molecule has 0 saturated heterocycles. The molecule has 0 bridgehead atoms. The van der Waals surface area contributed by atoms with Gasteiger partial charge in [0.1, 0.15) is 11.4 Å². The molecule has 1 unspecified atom stereocenters. The first-order valence-corrected chi connectivity index (χ1v) is 4.15. The zero-order chi connectivity index (χ0) is 10.1. The van der Waals surface area contributed by atoms with Gasteiger partial charge < -0.3 is 10.8 Å². The van der Waals surface area contributed by atoms with Gasteiger partial charge in [0.2, 0.25) is 0 Å². The standard InChI is InChI=1S/C10H14FNO/c1-10(2,11)9(12)7-5-3-4-6-8(7)13/h3-6,9,13H,12H2,1-2H3. The average molecular weight is 183 g/mol. The van der Waals surface area contributed by atoms with Crippen LogP contribution in [0.3, 0.4) is 0 Å². The van der Waals surface area contributed by atoms with E-state index < -0.39 is 11.7 Å². The van der Waals surface area contributed by atoms with Gasteiger partial charge in [-0.25, -0.2) is 4.39 Å². The van der Waals surface area contributed by atoms with Crippen molar-refractivity contribution in [3.8, 4) is 5.75 Å². The summed E-state index contributed by atoms with van der Waals surface area (Å²) in [6.45, 7) is 2.79. The van der Waals surface area contributed by atoms with Crippen molar-refractivity contribution in [3.05, 3.63) is 29.8 Å². The van der Waals surface area contributed by atoms with Gasteiger partial charge in [0, 0.05) is 5.56 Å². The Labute approximate surface area is 77.2 Å². The second kappa shape index (κ2) is 3.34. The summed E-state index contributed by atoms with van der Waals surface area (Å²) in [6.07, 6.45) is 0. The van der Waals surface area contributed by atoms with Gasteiger partial charge in [0.15, 0.2) is 0 Å². The number of nitrogens with two attached hydrogens (primary N) is 1. The van der Waals surface area contributed by atoms with E-state index in [1.807, 2.05) is 0 Å². The number of phenolic OH excluding ortho intramolecular Hbond substituents is 1. The summed E-state index contributed by atoms with van der Waals surface area (Å²) in [5, 5.41) is 9.40. The Morgan fingerprint density at radius 2 is 1.92 bits per heavy atom. The van der Waals surface area contributed by atoms with E-state index in [-0.39, 0.29) is 5.75 Å². The molecule has 0 heterocycles. The monoisotopic (exact) mass is 183 g/mol. The molecular formula is C10H14FNO. The maximum atomic E-state index is 13.4. The van der Waals surface area contributed by atoms with Gasteiger partial charge in [-0.05, 0) is 19.9 Å². The number of aromatic hydroxyl groups is 1. The summed E-state index contributed by atoms with van der Waals surface area (Å²) >= 11 is 0. The minimum atomic E-state index is -1.53. The third-order valence-electron chi connectivity index (χ3n) is 2.01. The first-order valence-electron chi connectivity index (χ1n) is 4.15. The lowest BCUT2D eigenvalue weighted by molar-refractivity contribution is 0.172. The predicted octanol–water partition coefficient (Wildman–Crippen LogP) is 2.14. The Morgan fingerprint density at radius 3 is 2.38 bits per heavy atom. The third kappa shape index (κ3) is 2.18. The van der Waals surface area contributed by atoms with Gasteiger partial charge in [-0.1, -0.05) is 18.2 Å². The molecule has 3 N–H and O–H groups in total. The number of benzene rings is 1. The summed E-state index contributed by atoms with van der Waals surface area (Å²) in [4.78, 5) is 0. The first-order chi connectivity index (χ1) is 5.93. The zero-order valence-electron chi connectivity index (χ0n) is 7.79. The molecule has 0 saturated carbocycles. The summed E-state index contributed by atoms with van der Waals surface area (Å²) in [6, 6.07) is 5.73. The molecule has 0 aliphatic rings. The van der Waals surface area contributed by atoms with E-state index in [0.29, 0.717) is 5.56 Å². The van der Waals surface area contributed by atoms with Crippen LogP contribution in [0.4, 0.5) is 4.39 Å². The number of rotatable bonds is 2. The lowest BCUT2D eigenvalue weighted by Crippen LogP contribution is -2.30. The number of para-hydroxylation sites is 1. The molecule has 72 valence electrons. The van der Waals surface area contributed by atoms with E-state index in [1.54, 1.807) is 18.2 Å². The van der Waals surface area contributed by atoms with E-state index in [9.17, 15) is 9.50 Å². The lowest BCUT2D eigenvalue weighted by Gasteiger charge is -2.23. The predicted molar refractivity (Wildman–Crippen MR) is 50.2 cm³/mol. The van der Waals surface area contributed by atoms with Gasteiger partial charge in [-0.15, -0.1) is 0 Å². The van der Waals surface area contributed by atoms with Crippen LogP contribution >= 0.6 is 0 Å². The molecular weight excluding hydrogens is 169 g/mol. The smallest absolute Gasteiger partial charge is 0.124 e. The highest BCUT2D eigenvalue weighted by Gasteiger charge is 2.28. The molecule has 0 aliphatic heterocycles. The van der Waals surface area contributed by atoms with Crippen molar-refractivity contribution >= 4 is 0 Å². The highest BCUT2D eigenvalue weighted by Crippen LogP contribution is 2.31.